The third-order valence-electron chi connectivity index (χ3n) is 2.14. The zero-order valence-corrected chi connectivity index (χ0v) is 7.64. The summed E-state index contributed by atoms with van der Waals surface area (Å²) in [6, 6.07) is 0.524. The van der Waals surface area contributed by atoms with Gasteiger partial charge in [0.05, 0.1) is 0 Å². The van der Waals surface area contributed by atoms with Gasteiger partial charge in [0.1, 0.15) is 0 Å². The fourth-order valence-corrected chi connectivity index (χ4v) is 1.44. The maximum absolute atomic E-state index is 12.3. The van der Waals surface area contributed by atoms with Crippen LogP contribution in [0.1, 0.15) is 12.1 Å². The average Bonchev–Trinajstić information content (AvgIpc) is 2.16. The Morgan fingerprint density at radius 1 is 1.47 bits per heavy atom. The van der Waals surface area contributed by atoms with Crippen molar-refractivity contribution < 1.29 is 13.2 Å². The molecule has 82 valence electrons. The van der Waals surface area contributed by atoms with E-state index in [1.165, 1.54) is 4.57 Å². The summed E-state index contributed by atoms with van der Waals surface area (Å²) in [4.78, 5) is 14.7. The lowest BCUT2D eigenvalue weighted by Crippen LogP contribution is -2.31. The fraction of sp³-hybridized carbons (Fsp3) is 0.500. The van der Waals surface area contributed by atoms with Gasteiger partial charge in [0.25, 0.3) is 5.56 Å². The molecule has 1 aliphatic heterocycles. The van der Waals surface area contributed by atoms with E-state index in [0.29, 0.717) is 25.6 Å². The Morgan fingerprint density at radius 2 is 2.20 bits per heavy atom. The second-order valence-electron chi connectivity index (χ2n) is 3.23. The van der Waals surface area contributed by atoms with Crippen LogP contribution in [0.15, 0.2) is 10.9 Å². The molecule has 0 aromatic carbocycles. The van der Waals surface area contributed by atoms with Gasteiger partial charge in [-0.25, -0.2) is 4.98 Å². The van der Waals surface area contributed by atoms with Crippen molar-refractivity contribution in [3.63, 3.8) is 0 Å². The van der Waals surface area contributed by atoms with Crippen molar-refractivity contribution in [2.24, 2.45) is 0 Å². The van der Waals surface area contributed by atoms with Crippen LogP contribution in [0.4, 0.5) is 19.1 Å². The first-order valence-corrected chi connectivity index (χ1v) is 4.41. The number of hydrogen-bond acceptors (Lipinski definition) is 3. The Hall–Kier alpha value is -1.53. The molecule has 0 atom stereocenters. The maximum Gasteiger partial charge on any atom is 0.433 e. The fourth-order valence-electron chi connectivity index (χ4n) is 1.44. The first-order valence-electron chi connectivity index (χ1n) is 4.41. The smallest absolute Gasteiger partial charge is 0.355 e. The molecule has 7 heteroatoms. The average molecular weight is 219 g/mol. The molecule has 2 rings (SSSR count). The first-order chi connectivity index (χ1) is 6.98. The molecule has 15 heavy (non-hydrogen) atoms. The van der Waals surface area contributed by atoms with E-state index >= 15 is 0 Å². The van der Waals surface area contributed by atoms with E-state index in [1.807, 2.05) is 0 Å². The number of alkyl halides is 3. The number of nitrogens with one attached hydrogen (secondary N) is 1. The summed E-state index contributed by atoms with van der Waals surface area (Å²) in [5, 5.41) is 2.67. The molecule has 0 fully saturated rings. The normalized spacial score (nSPS) is 15.7. The standard InChI is InChI=1S/C8H8F3N3O/c9-8(10,11)5-4-6(15)14-3-1-2-12-7(14)13-5/h4H,1-3H2,(H,12,13). The van der Waals surface area contributed by atoms with Crippen molar-refractivity contribution in [2.75, 3.05) is 11.9 Å². The van der Waals surface area contributed by atoms with E-state index in [1.54, 1.807) is 0 Å². The minimum absolute atomic E-state index is 0.000995. The molecule has 1 aromatic heterocycles. The predicted molar refractivity (Wildman–Crippen MR) is 46.6 cm³/mol. The summed E-state index contributed by atoms with van der Waals surface area (Å²) in [7, 11) is 0. The summed E-state index contributed by atoms with van der Waals surface area (Å²) in [6.45, 7) is 0.944. The number of aromatic nitrogens is 2. The first kappa shape index (κ1) is 10.0. The topological polar surface area (TPSA) is 46.9 Å². The van der Waals surface area contributed by atoms with E-state index in [2.05, 4.69) is 10.3 Å². The van der Waals surface area contributed by atoms with Gasteiger partial charge in [-0.1, -0.05) is 0 Å². The second-order valence-corrected chi connectivity index (χ2v) is 3.23. The van der Waals surface area contributed by atoms with Crippen LogP contribution in [-0.2, 0) is 12.7 Å². The van der Waals surface area contributed by atoms with E-state index in [-0.39, 0.29) is 5.95 Å². The highest BCUT2D eigenvalue weighted by Crippen LogP contribution is 2.27. The third-order valence-corrected chi connectivity index (χ3v) is 2.14. The Morgan fingerprint density at radius 3 is 2.87 bits per heavy atom. The van der Waals surface area contributed by atoms with Gasteiger partial charge in [0.2, 0.25) is 5.95 Å². The summed E-state index contributed by atoms with van der Waals surface area (Å²) in [6.07, 6.45) is -3.87. The number of fused-ring (bicyclic) bond motifs is 1. The molecule has 1 aliphatic rings. The Balaban J connectivity index is 2.55. The molecule has 1 aromatic rings. The van der Waals surface area contributed by atoms with Crippen LogP contribution in [0.2, 0.25) is 0 Å². The molecule has 0 amide bonds. The molecule has 0 saturated heterocycles. The van der Waals surface area contributed by atoms with Gasteiger partial charge < -0.3 is 5.32 Å². The Bertz CT molecular complexity index is 438. The van der Waals surface area contributed by atoms with Gasteiger partial charge in [0, 0.05) is 19.2 Å². The number of hydrogen-bond donors (Lipinski definition) is 1. The molecular formula is C8H8F3N3O. The van der Waals surface area contributed by atoms with Crippen molar-refractivity contribution in [1.29, 1.82) is 0 Å². The number of nitrogens with zero attached hydrogens (tertiary/aromatic N) is 2. The van der Waals surface area contributed by atoms with Crippen molar-refractivity contribution in [3.8, 4) is 0 Å². The lowest BCUT2D eigenvalue weighted by molar-refractivity contribution is -0.141. The molecule has 1 N–H and O–H groups in total. The van der Waals surface area contributed by atoms with E-state index in [0.717, 1.165) is 0 Å². The van der Waals surface area contributed by atoms with Crippen molar-refractivity contribution in [1.82, 2.24) is 9.55 Å². The van der Waals surface area contributed by atoms with Crippen molar-refractivity contribution in [2.45, 2.75) is 19.1 Å². The van der Waals surface area contributed by atoms with Crippen LogP contribution in [0.3, 0.4) is 0 Å². The van der Waals surface area contributed by atoms with Crippen LogP contribution in [0, 0.1) is 0 Å². The summed E-state index contributed by atoms with van der Waals surface area (Å²) >= 11 is 0. The highest BCUT2D eigenvalue weighted by molar-refractivity contribution is 5.29. The summed E-state index contributed by atoms with van der Waals surface area (Å²) in [5.74, 6) is 0.000995. The molecule has 0 spiro atoms. The lowest BCUT2D eigenvalue weighted by Gasteiger charge is -2.19. The minimum Gasteiger partial charge on any atom is -0.355 e. The van der Waals surface area contributed by atoms with Gasteiger partial charge in [-0.2, -0.15) is 13.2 Å². The molecule has 4 nitrogen and oxygen atoms in total. The molecule has 0 aliphatic carbocycles. The maximum atomic E-state index is 12.3. The van der Waals surface area contributed by atoms with Crippen LogP contribution in [-0.4, -0.2) is 16.1 Å². The SMILES string of the molecule is O=c1cc(C(F)(F)F)nc2n1CCCN2. The van der Waals surface area contributed by atoms with Crippen LogP contribution in [0.5, 0.6) is 0 Å². The van der Waals surface area contributed by atoms with E-state index < -0.39 is 17.4 Å². The number of anilines is 1. The zero-order chi connectivity index (χ0) is 11.1. The Kier molecular flexibility index (Phi) is 2.17. The molecule has 0 radical (unpaired) electrons. The van der Waals surface area contributed by atoms with Gasteiger partial charge in [-0.15, -0.1) is 0 Å². The molecule has 2 heterocycles. The van der Waals surface area contributed by atoms with Crippen LogP contribution < -0.4 is 10.9 Å². The molecule has 0 bridgehead atoms. The third kappa shape index (κ3) is 1.81. The minimum atomic E-state index is -4.58. The highest BCUT2D eigenvalue weighted by atomic mass is 19.4. The lowest BCUT2D eigenvalue weighted by atomic mass is 10.3. The van der Waals surface area contributed by atoms with Crippen molar-refractivity contribution >= 4 is 5.95 Å². The second kappa shape index (κ2) is 3.25. The van der Waals surface area contributed by atoms with Crippen molar-refractivity contribution in [3.05, 3.63) is 22.1 Å². The highest BCUT2D eigenvalue weighted by Gasteiger charge is 2.34. The van der Waals surface area contributed by atoms with Crippen LogP contribution in [0.25, 0.3) is 0 Å². The van der Waals surface area contributed by atoms with Gasteiger partial charge in [-0.05, 0) is 6.42 Å². The molecule has 0 unspecified atom stereocenters. The van der Waals surface area contributed by atoms with E-state index in [4.69, 9.17) is 0 Å². The zero-order valence-electron chi connectivity index (χ0n) is 7.64. The largest absolute Gasteiger partial charge is 0.433 e. The van der Waals surface area contributed by atoms with Gasteiger partial charge in [-0.3, -0.25) is 9.36 Å². The predicted octanol–water partition coefficient (Wildman–Crippen LogP) is 1.08. The quantitative estimate of drug-likeness (QED) is 0.710. The molecule has 0 saturated carbocycles. The number of halogens is 3. The van der Waals surface area contributed by atoms with E-state index in [9.17, 15) is 18.0 Å². The molecular weight excluding hydrogens is 211 g/mol. The van der Waals surface area contributed by atoms with Crippen LogP contribution >= 0.6 is 0 Å². The summed E-state index contributed by atoms with van der Waals surface area (Å²) in [5.41, 5.74) is -1.81. The monoisotopic (exact) mass is 219 g/mol. The summed E-state index contributed by atoms with van der Waals surface area (Å²) < 4.78 is 38.1. The van der Waals surface area contributed by atoms with Gasteiger partial charge >= 0.3 is 6.18 Å². The Labute approximate surface area is 82.7 Å². The number of rotatable bonds is 0. The van der Waals surface area contributed by atoms with Gasteiger partial charge in [0.15, 0.2) is 5.69 Å².